The van der Waals surface area contributed by atoms with Gasteiger partial charge in [0.05, 0.1) is 11.1 Å². The average Bonchev–Trinajstić information content (AvgIpc) is 2.49. The summed E-state index contributed by atoms with van der Waals surface area (Å²) in [5, 5.41) is 14.2. The Kier molecular flexibility index (Phi) is 4.66. The molecule has 0 bridgehead atoms. The fraction of sp³-hybridized carbons (Fsp3) is 0. The summed E-state index contributed by atoms with van der Waals surface area (Å²) in [5.74, 6) is 1.05. The van der Waals surface area contributed by atoms with Crippen LogP contribution in [0.1, 0.15) is 5.56 Å². The van der Waals surface area contributed by atoms with E-state index in [1.165, 1.54) is 30.5 Å². The van der Waals surface area contributed by atoms with Crippen LogP contribution in [0.5, 0.6) is 11.5 Å². The lowest BCUT2D eigenvalue weighted by Gasteiger charge is -2.05. The molecule has 0 saturated heterocycles. The van der Waals surface area contributed by atoms with Gasteiger partial charge in [-0.2, -0.15) is 5.10 Å². The Morgan fingerprint density at radius 1 is 1.14 bits per heavy atom. The Balaban J connectivity index is 2.00. The number of benzene rings is 2. The molecule has 0 heterocycles. The highest BCUT2D eigenvalue weighted by atomic mass is 16.6. The maximum absolute atomic E-state index is 10.6. The third kappa shape index (κ3) is 4.30. The molecule has 0 aliphatic heterocycles. The van der Waals surface area contributed by atoms with Crippen LogP contribution in [0.25, 0.3) is 0 Å². The van der Waals surface area contributed by atoms with E-state index >= 15 is 0 Å². The first-order valence-electron chi connectivity index (χ1n) is 6.15. The molecule has 22 heavy (non-hydrogen) atoms. The molecule has 0 radical (unpaired) electrons. The minimum Gasteiger partial charge on any atom is -0.457 e. The van der Waals surface area contributed by atoms with Crippen molar-refractivity contribution in [2.24, 2.45) is 10.8 Å². The first-order valence-corrected chi connectivity index (χ1v) is 6.15. The first kappa shape index (κ1) is 15.0. The number of nitro groups is 1. The third-order valence-corrected chi connectivity index (χ3v) is 2.55. The van der Waals surface area contributed by atoms with Gasteiger partial charge in [0.25, 0.3) is 5.69 Å². The summed E-state index contributed by atoms with van der Waals surface area (Å²) in [4.78, 5) is 20.5. The number of hydrazone groups is 1. The number of nitro benzene ring substituents is 1. The predicted molar refractivity (Wildman–Crippen MR) is 79.9 cm³/mol. The van der Waals surface area contributed by atoms with E-state index in [0.29, 0.717) is 11.5 Å². The molecule has 2 aromatic rings. The number of hydrogen-bond acceptors (Lipinski definition) is 5. The Hall–Kier alpha value is -3.42. The summed E-state index contributed by atoms with van der Waals surface area (Å²) in [7, 11) is 0. The second kappa shape index (κ2) is 6.84. The number of primary amides is 1. The maximum Gasteiger partial charge on any atom is 0.332 e. The monoisotopic (exact) mass is 300 g/mol. The van der Waals surface area contributed by atoms with E-state index in [4.69, 9.17) is 10.5 Å². The Morgan fingerprint density at radius 3 is 2.18 bits per heavy atom. The van der Waals surface area contributed by atoms with Gasteiger partial charge in [-0.3, -0.25) is 10.1 Å². The molecule has 0 aliphatic carbocycles. The van der Waals surface area contributed by atoms with Crippen LogP contribution in [-0.4, -0.2) is 17.2 Å². The van der Waals surface area contributed by atoms with Gasteiger partial charge in [0, 0.05) is 12.1 Å². The fourth-order valence-corrected chi connectivity index (χ4v) is 1.56. The molecule has 8 nitrogen and oxygen atoms in total. The van der Waals surface area contributed by atoms with Gasteiger partial charge >= 0.3 is 6.03 Å². The van der Waals surface area contributed by atoms with Crippen LogP contribution in [-0.2, 0) is 0 Å². The van der Waals surface area contributed by atoms with Crippen LogP contribution in [0.2, 0.25) is 0 Å². The molecule has 0 fully saturated rings. The molecule has 0 atom stereocenters. The second-order valence-corrected chi connectivity index (χ2v) is 4.16. The Labute approximate surface area is 125 Å². The maximum atomic E-state index is 10.6. The number of carbonyl (C=O) groups is 1. The molecule has 0 aliphatic rings. The van der Waals surface area contributed by atoms with Gasteiger partial charge in [-0.15, -0.1) is 0 Å². The van der Waals surface area contributed by atoms with Crippen molar-refractivity contribution < 1.29 is 14.5 Å². The summed E-state index contributed by atoms with van der Waals surface area (Å²) in [6.07, 6.45) is 1.43. The zero-order valence-electron chi connectivity index (χ0n) is 11.3. The number of nitrogens with one attached hydrogen (secondary N) is 1. The lowest BCUT2D eigenvalue weighted by molar-refractivity contribution is -0.384. The Bertz CT molecular complexity index is 696. The van der Waals surface area contributed by atoms with Crippen LogP contribution in [0, 0.1) is 10.1 Å². The Morgan fingerprint density at radius 2 is 1.68 bits per heavy atom. The third-order valence-electron chi connectivity index (χ3n) is 2.55. The SMILES string of the molecule is NC(=O)N/N=C\c1ccc(Oc2ccc([N+](=O)[O-])cc2)cc1. The van der Waals surface area contributed by atoms with Crippen molar-refractivity contribution in [3.63, 3.8) is 0 Å². The fourth-order valence-electron chi connectivity index (χ4n) is 1.56. The van der Waals surface area contributed by atoms with Gasteiger partial charge in [-0.05, 0) is 42.0 Å². The van der Waals surface area contributed by atoms with Gasteiger partial charge in [-0.25, -0.2) is 10.2 Å². The molecule has 2 amide bonds. The van der Waals surface area contributed by atoms with Crippen LogP contribution in [0.4, 0.5) is 10.5 Å². The molecule has 8 heteroatoms. The zero-order chi connectivity index (χ0) is 15.9. The smallest absolute Gasteiger partial charge is 0.332 e. The van der Waals surface area contributed by atoms with Gasteiger partial charge in [0.1, 0.15) is 11.5 Å². The van der Waals surface area contributed by atoms with Crippen molar-refractivity contribution in [3.8, 4) is 11.5 Å². The highest BCUT2D eigenvalue weighted by molar-refractivity contribution is 5.81. The minimum absolute atomic E-state index is 0.000797. The number of hydrogen-bond donors (Lipinski definition) is 2. The van der Waals surface area contributed by atoms with E-state index < -0.39 is 11.0 Å². The van der Waals surface area contributed by atoms with E-state index in [1.54, 1.807) is 24.3 Å². The summed E-state index contributed by atoms with van der Waals surface area (Å²) in [6, 6.07) is 11.9. The van der Waals surface area contributed by atoms with Gasteiger partial charge in [0.2, 0.25) is 0 Å². The topological polar surface area (TPSA) is 120 Å². The molecule has 0 unspecified atom stereocenters. The standard InChI is InChI=1S/C14H12N4O4/c15-14(19)17-16-9-10-1-5-12(6-2-10)22-13-7-3-11(4-8-13)18(20)21/h1-9H,(H3,15,17,19)/b16-9-. The van der Waals surface area contributed by atoms with Crippen LogP contribution >= 0.6 is 0 Å². The predicted octanol–water partition coefficient (Wildman–Crippen LogP) is 2.39. The van der Waals surface area contributed by atoms with Crippen molar-refractivity contribution >= 4 is 17.9 Å². The minimum atomic E-state index is -0.741. The zero-order valence-corrected chi connectivity index (χ0v) is 11.3. The van der Waals surface area contributed by atoms with Crippen molar-refractivity contribution in [2.45, 2.75) is 0 Å². The van der Waals surface area contributed by atoms with Crippen molar-refractivity contribution in [2.75, 3.05) is 0 Å². The van der Waals surface area contributed by atoms with E-state index in [1.807, 2.05) is 0 Å². The summed E-state index contributed by atoms with van der Waals surface area (Å²) >= 11 is 0. The highest BCUT2D eigenvalue weighted by Gasteiger charge is 2.04. The van der Waals surface area contributed by atoms with Crippen LogP contribution < -0.4 is 15.9 Å². The molecule has 2 rings (SSSR count). The van der Waals surface area contributed by atoms with E-state index in [2.05, 4.69) is 10.5 Å². The molecule has 0 aromatic heterocycles. The first-order chi connectivity index (χ1) is 10.5. The highest BCUT2D eigenvalue weighted by Crippen LogP contribution is 2.23. The number of nitrogens with two attached hydrogens (primary N) is 1. The number of urea groups is 1. The van der Waals surface area contributed by atoms with E-state index in [0.717, 1.165) is 5.56 Å². The molecule has 0 saturated carbocycles. The average molecular weight is 300 g/mol. The van der Waals surface area contributed by atoms with Gasteiger partial charge in [-0.1, -0.05) is 0 Å². The molecular weight excluding hydrogens is 288 g/mol. The van der Waals surface area contributed by atoms with E-state index in [9.17, 15) is 14.9 Å². The molecule has 0 spiro atoms. The number of amides is 2. The lowest BCUT2D eigenvalue weighted by atomic mass is 10.2. The number of ether oxygens (including phenoxy) is 1. The summed E-state index contributed by atoms with van der Waals surface area (Å²) in [6.45, 7) is 0. The van der Waals surface area contributed by atoms with E-state index in [-0.39, 0.29) is 5.69 Å². The number of rotatable bonds is 5. The summed E-state index contributed by atoms with van der Waals surface area (Å²) < 4.78 is 5.55. The van der Waals surface area contributed by atoms with Crippen molar-refractivity contribution in [1.82, 2.24) is 5.43 Å². The van der Waals surface area contributed by atoms with Gasteiger partial charge < -0.3 is 10.5 Å². The molecule has 2 aromatic carbocycles. The van der Waals surface area contributed by atoms with Crippen molar-refractivity contribution in [1.29, 1.82) is 0 Å². The number of carbonyl (C=O) groups excluding carboxylic acids is 1. The molecular formula is C14H12N4O4. The largest absolute Gasteiger partial charge is 0.457 e. The van der Waals surface area contributed by atoms with Crippen LogP contribution in [0.3, 0.4) is 0 Å². The van der Waals surface area contributed by atoms with Crippen LogP contribution in [0.15, 0.2) is 53.6 Å². The number of nitrogens with zero attached hydrogens (tertiary/aromatic N) is 2. The second-order valence-electron chi connectivity index (χ2n) is 4.16. The van der Waals surface area contributed by atoms with Gasteiger partial charge in [0.15, 0.2) is 0 Å². The summed E-state index contributed by atoms with van der Waals surface area (Å²) in [5.41, 5.74) is 7.70. The quantitative estimate of drug-likeness (QED) is 0.500. The molecule has 112 valence electrons. The number of non-ortho nitro benzene ring substituents is 1. The molecule has 3 N–H and O–H groups in total. The lowest BCUT2D eigenvalue weighted by Crippen LogP contribution is -2.24. The normalized spacial score (nSPS) is 10.4. The van der Waals surface area contributed by atoms with Crippen molar-refractivity contribution in [3.05, 3.63) is 64.2 Å².